The Kier molecular flexibility index (Phi) is 13.5. The summed E-state index contributed by atoms with van der Waals surface area (Å²) in [5.74, 6) is 0.383. The molecule has 0 saturated carbocycles. The molecule has 1 aromatic rings. The van der Waals surface area contributed by atoms with Crippen molar-refractivity contribution in [1.29, 1.82) is 0 Å². The molecule has 172 valence electrons. The molecule has 0 atom stereocenters. The highest BCUT2D eigenvalue weighted by atomic mass is 127. The van der Waals surface area contributed by atoms with Crippen LogP contribution in [0.15, 0.2) is 29.3 Å². The molecule has 0 aromatic heterocycles. The molecule has 30 heavy (non-hydrogen) atoms. The second-order valence-corrected chi connectivity index (χ2v) is 9.40. The van der Waals surface area contributed by atoms with E-state index in [0.717, 1.165) is 24.1 Å². The summed E-state index contributed by atoms with van der Waals surface area (Å²) >= 11 is 0. The average molecular weight is 553 g/mol. The van der Waals surface area contributed by atoms with Crippen molar-refractivity contribution in [2.45, 2.75) is 57.7 Å². The number of aliphatic imine (C=N–C) groups is 1. The van der Waals surface area contributed by atoms with Crippen molar-refractivity contribution in [2.75, 3.05) is 32.8 Å². The number of guanidine groups is 1. The zero-order valence-corrected chi connectivity index (χ0v) is 21.2. The van der Waals surface area contributed by atoms with Gasteiger partial charge < -0.3 is 15.8 Å². The minimum atomic E-state index is -3.37. The number of sulfonamides is 1. The van der Waals surface area contributed by atoms with Crippen LogP contribution in [0, 0.1) is 0 Å². The van der Waals surface area contributed by atoms with Crippen LogP contribution >= 0.6 is 24.0 Å². The molecule has 0 unspecified atom stereocenters. The highest BCUT2D eigenvalue weighted by Gasteiger charge is 2.25. The molecular formula is C21H37IN4O3S. The Balaban J connectivity index is 0.00000450. The van der Waals surface area contributed by atoms with E-state index in [4.69, 9.17) is 10.5 Å². The maximum absolute atomic E-state index is 12.7. The van der Waals surface area contributed by atoms with Crippen LogP contribution in [0.3, 0.4) is 0 Å². The number of nitrogens with two attached hydrogens (primary N) is 1. The quantitative estimate of drug-likeness (QED) is 0.180. The van der Waals surface area contributed by atoms with Gasteiger partial charge in [-0.15, -0.1) is 24.0 Å². The van der Waals surface area contributed by atoms with Crippen LogP contribution in [0.5, 0.6) is 0 Å². The Morgan fingerprint density at radius 2 is 1.73 bits per heavy atom. The summed E-state index contributed by atoms with van der Waals surface area (Å²) in [6.45, 7) is 5.13. The van der Waals surface area contributed by atoms with Crippen molar-refractivity contribution in [2.24, 2.45) is 10.7 Å². The molecule has 7 nitrogen and oxygen atoms in total. The fourth-order valence-corrected chi connectivity index (χ4v) is 4.88. The minimum Gasteiger partial charge on any atom is -0.379 e. The van der Waals surface area contributed by atoms with Gasteiger partial charge in [0.25, 0.3) is 0 Å². The van der Waals surface area contributed by atoms with Gasteiger partial charge in [0.05, 0.1) is 25.5 Å². The average Bonchev–Trinajstić information content (AvgIpc) is 2.73. The molecule has 1 aliphatic rings. The summed E-state index contributed by atoms with van der Waals surface area (Å²) in [6.07, 6.45) is 7.39. The lowest BCUT2D eigenvalue weighted by Crippen LogP contribution is -2.41. The molecule has 1 aliphatic heterocycles. The van der Waals surface area contributed by atoms with Crippen LogP contribution in [-0.2, 0) is 27.1 Å². The van der Waals surface area contributed by atoms with Crippen LogP contribution in [0.1, 0.15) is 56.6 Å². The predicted molar refractivity (Wildman–Crippen MR) is 134 cm³/mol. The Morgan fingerprint density at radius 3 is 2.43 bits per heavy atom. The highest BCUT2D eigenvalue weighted by Crippen LogP contribution is 2.17. The van der Waals surface area contributed by atoms with Gasteiger partial charge in [0, 0.05) is 19.6 Å². The van der Waals surface area contributed by atoms with Gasteiger partial charge >= 0.3 is 0 Å². The van der Waals surface area contributed by atoms with Crippen LogP contribution in [0.25, 0.3) is 0 Å². The van der Waals surface area contributed by atoms with Gasteiger partial charge in [-0.2, -0.15) is 4.31 Å². The number of nitrogens with one attached hydrogen (secondary N) is 1. The van der Waals surface area contributed by atoms with Crippen LogP contribution in [0.2, 0.25) is 0 Å². The van der Waals surface area contributed by atoms with Gasteiger partial charge in [-0.3, -0.25) is 0 Å². The largest absolute Gasteiger partial charge is 0.379 e. The van der Waals surface area contributed by atoms with Crippen molar-refractivity contribution in [3.63, 3.8) is 0 Å². The number of halogens is 1. The molecule has 1 heterocycles. The molecule has 0 spiro atoms. The lowest BCUT2D eigenvalue weighted by Gasteiger charge is -2.26. The number of benzene rings is 1. The summed E-state index contributed by atoms with van der Waals surface area (Å²) in [4.78, 5) is 4.40. The third kappa shape index (κ3) is 9.93. The predicted octanol–water partition coefficient (Wildman–Crippen LogP) is 3.23. The van der Waals surface area contributed by atoms with E-state index in [1.807, 2.05) is 24.3 Å². The number of hydrogen-bond donors (Lipinski definition) is 2. The Labute approximate surface area is 198 Å². The van der Waals surface area contributed by atoms with Crippen molar-refractivity contribution < 1.29 is 13.2 Å². The third-order valence-electron chi connectivity index (χ3n) is 5.08. The lowest BCUT2D eigenvalue weighted by atomic mass is 10.1. The topological polar surface area (TPSA) is 97.0 Å². The first-order valence-corrected chi connectivity index (χ1v) is 12.3. The first kappa shape index (κ1) is 27.1. The molecule has 0 bridgehead atoms. The molecule has 0 amide bonds. The van der Waals surface area contributed by atoms with Crippen molar-refractivity contribution >= 4 is 40.0 Å². The Morgan fingerprint density at radius 1 is 1.10 bits per heavy atom. The second kappa shape index (κ2) is 15.0. The Bertz CT molecular complexity index is 738. The van der Waals surface area contributed by atoms with Gasteiger partial charge in [-0.25, -0.2) is 13.4 Å². The fourth-order valence-electron chi connectivity index (χ4n) is 3.31. The highest BCUT2D eigenvalue weighted by molar-refractivity contribution is 14.0. The van der Waals surface area contributed by atoms with Gasteiger partial charge in [0.2, 0.25) is 10.0 Å². The zero-order chi connectivity index (χ0) is 21.0. The van der Waals surface area contributed by atoms with Gasteiger partial charge in [-0.05, 0) is 17.5 Å². The molecule has 1 saturated heterocycles. The van der Waals surface area contributed by atoms with E-state index >= 15 is 0 Å². The second-order valence-electron chi connectivity index (χ2n) is 7.43. The maximum Gasteiger partial charge on any atom is 0.218 e. The standard InChI is InChI=1S/C21H36N4O3S.HI/c1-2-3-4-5-6-9-12-23-21(22)24-17-19-10-7-8-11-20(19)18-29(26,27)25-13-15-28-16-14-25;/h7-8,10-11H,2-6,9,12-18H2,1H3,(H3,22,23,24);1H. The van der Waals surface area contributed by atoms with E-state index in [-0.39, 0.29) is 29.7 Å². The number of hydrogen-bond acceptors (Lipinski definition) is 4. The van der Waals surface area contributed by atoms with Gasteiger partial charge in [0.15, 0.2) is 5.96 Å². The number of rotatable bonds is 12. The van der Waals surface area contributed by atoms with Crippen molar-refractivity contribution in [3.8, 4) is 0 Å². The number of ether oxygens (including phenoxy) is 1. The van der Waals surface area contributed by atoms with E-state index in [0.29, 0.717) is 38.8 Å². The third-order valence-corrected chi connectivity index (χ3v) is 6.90. The van der Waals surface area contributed by atoms with Crippen molar-refractivity contribution in [1.82, 2.24) is 9.62 Å². The van der Waals surface area contributed by atoms with E-state index in [1.165, 1.54) is 36.4 Å². The molecule has 1 fully saturated rings. The van der Waals surface area contributed by atoms with Crippen LogP contribution < -0.4 is 11.1 Å². The smallest absolute Gasteiger partial charge is 0.218 e. The SMILES string of the molecule is CCCCCCCCNC(N)=NCc1ccccc1CS(=O)(=O)N1CCOCC1.I. The first-order valence-electron chi connectivity index (χ1n) is 10.7. The summed E-state index contributed by atoms with van der Waals surface area (Å²) in [7, 11) is -3.37. The molecular weight excluding hydrogens is 515 g/mol. The molecule has 1 aromatic carbocycles. The van der Waals surface area contributed by atoms with E-state index in [1.54, 1.807) is 0 Å². The van der Waals surface area contributed by atoms with Crippen LogP contribution in [0.4, 0.5) is 0 Å². The maximum atomic E-state index is 12.7. The van der Waals surface area contributed by atoms with Gasteiger partial charge in [-0.1, -0.05) is 63.3 Å². The minimum absolute atomic E-state index is 0. The summed E-state index contributed by atoms with van der Waals surface area (Å²) in [5, 5.41) is 3.15. The monoisotopic (exact) mass is 552 g/mol. The molecule has 0 aliphatic carbocycles. The number of morpholine rings is 1. The molecule has 0 radical (unpaired) electrons. The number of nitrogens with zero attached hydrogens (tertiary/aromatic N) is 2. The van der Waals surface area contributed by atoms with E-state index < -0.39 is 10.0 Å². The molecule has 3 N–H and O–H groups in total. The molecule has 2 rings (SSSR count). The first-order chi connectivity index (χ1) is 14.0. The summed E-state index contributed by atoms with van der Waals surface area (Å²) in [6, 6.07) is 7.52. The normalized spacial score (nSPS) is 15.6. The van der Waals surface area contributed by atoms with E-state index in [2.05, 4.69) is 17.2 Å². The lowest BCUT2D eigenvalue weighted by molar-refractivity contribution is 0.0729. The van der Waals surface area contributed by atoms with Gasteiger partial charge in [0.1, 0.15) is 0 Å². The van der Waals surface area contributed by atoms with Crippen molar-refractivity contribution in [3.05, 3.63) is 35.4 Å². The van der Waals surface area contributed by atoms with E-state index in [9.17, 15) is 8.42 Å². The fraction of sp³-hybridized carbons (Fsp3) is 0.667. The van der Waals surface area contributed by atoms with Crippen LogP contribution in [-0.4, -0.2) is 51.5 Å². The summed E-state index contributed by atoms with van der Waals surface area (Å²) in [5.41, 5.74) is 7.63. The zero-order valence-electron chi connectivity index (χ0n) is 18.0. The Hall–Kier alpha value is -0.910. The summed E-state index contributed by atoms with van der Waals surface area (Å²) < 4.78 is 32.2. The molecule has 9 heteroatoms. The number of unbranched alkanes of at least 4 members (excludes halogenated alkanes) is 5.